The summed E-state index contributed by atoms with van der Waals surface area (Å²) in [6.45, 7) is 6.01. The third-order valence-electron chi connectivity index (χ3n) is 7.46. The first-order chi connectivity index (χ1) is 12.7. The first-order valence-corrected chi connectivity index (χ1v) is 10.6. The smallest absolute Gasteiger partial charge is 0.0983 e. The molecule has 1 heterocycles. The number of nitrogens with one attached hydrogen (secondary N) is 2. The van der Waals surface area contributed by atoms with E-state index in [9.17, 15) is 0 Å². The molecule has 0 aromatic heterocycles. The summed E-state index contributed by atoms with van der Waals surface area (Å²) in [6, 6.07) is 1.14. The van der Waals surface area contributed by atoms with Crippen molar-refractivity contribution in [1.82, 2.24) is 15.5 Å². The second-order valence-electron chi connectivity index (χ2n) is 9.07. The minimum absolute atomic E-state index is 0.568. The Hall–Kier alpha value is -1.42. The summed E-state index contributed by atoms with van der Waals surface area (Å²) in [7, 11) is 2.05. The Morgan fingerprint density at radius 3 is 2.73 bits per heavy atom. The lowest BCUT2D eigenvalue weighted by molar-refractivity contribution is 0.254. The molecule has 6 atom stereocenters. The van der Waals surface area contributed by atoms with Crippen LogP contribution in [0.3, 0.4) is 0 Å². The molecule has 26 heavy (non-hydrogen) atoms. The third kappa shape index (κ3) is 3.66. The van der Waals surface area contributed by atoms with E-state index >= 15 is 0 Å². The van der Waals surface area contributed by atoms with Crippen LogP contribution in [0.2, 0.25) is 0 Å². The summed E-state index contributed by atoms with van der Waals surface area (Å²) < 4.78 is 0. The van der Waals surface area contributed by atoms with Gasteiger partial charge in [-0.2, -0.15) is 0 Å². The van der Waals surface area contributed by atoms with Gasteiger partial charge in [-0.15, -0.1) is 0 Å². The summed E-state index contributed by atoms with van der Waals surface area (Å²) in [5.74, 6) is 4.60. The average molecular weight is 357 g/mol. The molecule has 3 aliphatic carbocycles. The maximum atomic E-state index is 6.48. The molecule has 3 bridgehead atoms. The number of likely N-dealkylation sites (tertiary alicyclic amines) is 1. The first kappa shape index (κ1) is 18.0. The van der Waals surface area contributed by atoms with Gasteiger partial charge in [0, 0.05) is 36.9 Å². The van der Waals surface area contributed by atoms with Gasteiger partial charge < -0.3 is 21.3 Å². The first-order valence-electron chi connectivity index (χ1n) is 10.6. The fourth-order valence-corrected chi connectivity index (χ4v) is 6.28. The number of hydrogen-bond acceptors (Lipinski definition) is 4. The predicted octanol–water partition coefficient (Wildman–Crippen LogP) is 2.95. The van der Waals surface area contributed by atoms with Crippen LogP contribution in [0.4, 0.5) is 0 Å². The Labute approximate surface area is 159 Å². The molecule has 4 N–H and O–H groups in total. The number of allylic oxidation sites excluding steroid dienone is 3. The Morgan fingerprint density at radius 1 is 1.12 bits per heavy atom. The van der Waals surface area contributed by atoms with Crippen molar-refractivity contribution in [2.24, 2.45) is 29.4 Å². The summed E-state index contributed by atoms with van der Waals surface area (Å²) in [4.78, 5) is 2.41. The van der Waals surface area contributed by atoms with Gasteiger partial charge in [-0.3, -0.25) is 0 Å². The fraction of sp³-hybridized carbons (Fsp3) is 0.727. The van der Waals surface area contributed by atoms with Crippen molar-refractivity contribution in [3.05, 3.63) is 36.3 Å². The summed E-state index contributed by atoms with van der Waals surface area (Å²) in [5, 5.41) is 7.12. The lowest BCUT2D eigenvalue weighted by Gasteiger charge is -2.28. The molecule has 0 aromatic carbocycles. The second kappa shape index (κ2) is 7.67. The third-order valence-corrected chi connectivity index (χ3v) is 7.46. The Balaban J connectivity index is 1.43. The average Bonchev–Trinajstić information content (AvgIpc) is 3.19. The van der Waals surface area contributed by atoms with Crippen molar-refractivity contribution in [3.63, 3.8) is 0 Å². The summed E-state index contributed by atoms with van der Waals surface area (Å²) >= 11 is 0. The summed E-state index contributed by atoms with van der Waals surface area (Å²) in [6.07, 6.45) is 15.8. The highest BCUT2D eigenvalue weighted by Crippen LogP contribution is 2.53. The van der Waals surface area contributed by atoms with Crippen LogP contribution in [-0.2, 0) is 0 Å². The number of nitrogens with two attached hydrogens (primary N) is 1. The molecule has 0 radical (unpaired) electrons. The van der Waals surface area contributed by atoms with E-state index in [1.165, 1.54) is 50.6 Å². The number of rotatable bonds is 6. The molecule has 0 aromatic rings. The molecule has 144 valence electrons. The van der Waals surface area contributed by atoms with E-state index in [2.05, 4.69) is 34.3 Å². The summed E-state index contributed by atoms with van der Waals surface area (Å²) in [5.41, 5.74) is 7.67. The zero-order valence-corrected chi connectivity index (χ0v) is 16.3. The van der Waals surface area contributed by atoms with Gasteiger partial charge in [0.15, 0.2) is 0 Å². The van der Waals surface area contributed by atoms with Gasteiger partial charge in [0.1, 0.15) is 0 Å². The van der Waals surface area contributed by atoms with Gasteiger partial charge in [-0.1, -0.05) is 12.7 Å². The Kier molecular flexibility index (Phi) is 5.30. The standard InChI is InChI=1S/C22H36N4/c1-3-4-19(26-8-7-18(14-26)24-2)13-22(23)25-21-6-5-15-9-16-11-17(10-15)20(21)12-16/h3-4,13,15-18,20-21,24-25H,1,5-12,14,23H2,2H3/b19-4+,22-13+/t15?,16?,17?,18-,20?,21?/m1/s1. The number of fused-ring (bicyclic) bond motifs is 2. The lowest BCUT2D eigenvalue weighted by Crippen LogP contribution is -2.39. The van der Waals surface area contributed by atoms with Crippen LogP contribution in [0, 0.1) is 23.7 Å². The molecular weight excluding hydrogens is 320 g/mol. The minimum atomic E-state index is 0.568. The molecule has 0 amide bonds. The van der Waals surface area contributed by atoms with Gasteiger partial charge >= 0.3 is 0 Å². The van der Waals surface area contributed by atoms with Crippen molar-refractivity contribution in [2.75, 3.05) is 20.1 Å². The Bertz CT molecular complexity index is 581. The minimum Gasteiger partial charge on any atom is -0.385 e. The molecule has 1 saturated heterocycles. The van der Waals surface area contributed by atoms with Crippen molar-refractivity contribution < 1.29 is 0 Å². The van der Waals surface area contributed by atoms with Gasteiger partial charge in [0.05, 0.1) is 5.82 Å². The predicted molar refractivity (Wildman–Crippen MR) is 108 cm³/mol. The van der Waals surface area contributed by atoms with Crippen LogP contribution in [0.5, 0.6) is 0 Å². The number of hydrogen-bond donors (Lipinski definition) is 3. The van der Waals surface area contributed by atoms with E-state index in [0.717, 1.165) is 42.6 Å². The molecule has 3 saturated carbocycles. The topological polar surface area (TPSA) is 53.3 Å². The zero-order valence-electron chi connectivity index (χ0n) is 16.3. The monoisotopic (exact) mass is 356 g/mol. The van der Waals surface area contributed by atoms with Crippen molar-refractivity contribution >= 4 is 0 Å². The molecule has 1 aliphatic heterocycles. The normalized spacial score (nSPS) is 40.0. The van der Waals surface area contributed by atoms with Crippen molar-refractivity contribution in [2.45, 2.75) is 57.0 Å². The van der Waals surface area contributed by atoms with Crippen LogP contribution in [-0.4, -0.2) is 37.1 Å². The molecule has 5 unspecified atom stereocenters. The van der Waals surface area contributed by atoms with Gasteiger partial charge in [-0.05, 0) is 81.7 Å². The molecular formula is C22H36N4. The van der Waals surface area contributed by atoms with Crippen LogP contribution in [0.1, 0.15) is 44.9 Å². The van der Waals surface area contributed by atoms with Crippen LogP contribution >= 0.6 is 0 Å². The largest absolute Gasteiger partial charge is 0.385 e. The maximum Gasteiger partial charge on any atom is 0.0983 e. The quantitative estimate of drug-likeness (QED) is 0.641. The highest BCUT2D eigenvalue weighted by Gasteiger charge is 2.46. The highest BCUT2D eigenvalue weighted by atomic mass is 15.2. The van der Waals surface area contributed by atoms with E-state index in [1.54, 1.807) is 0 Å². The zero-order chi connectivity index (χ0) is 18.1. The van der Waals surface area contributed by atoms with E-state index < -0.39 is 0 Å². The van der Waals surface area contributed by atoms with Crippen LogP contribution in [0.15, 0.2) is 36.3 Å². The molecule has 4 rings (SSSR count). The Morgan fingerprint density at radius 2 is 1.96 bits per heavy atom. The molecule has 4 heteroatoms. The van der Waals surface area contributed by atoms with Crippen LogP contribution in [0.25, 0.3) is 0 Å². The molecule has 4 aliphatic rings. The molecule has 0 spiro atoms. The second-order valence-corrected chi connectivity index (χ2v) is 9.07. The van der Waals surface area contributed by atoms with E-state index in [-0.39, 0.29) is 0 Å². The molecule has 4 nitrogen and oxygen atoms in total. The van der Waals surface area contributed by atoms with Crippen LogP contribution < -0.4 is 16.4 Å². The fourth-order valence-electron chi connectivity index (χ4n) is 6.28. The highest BCUT2D eigenvalue weighted by molar-refractivity contribution is 5.26. The van der Waals surface area contributed by atoms with Gasteiger partial charge in [0.25, 0.3) is 0 Å². The van der Waals surface area contributed by atoms with Gasteiger partial charge in [-0.25, -0.2) is 0 Å². The van der Waals surface area contributed by atoms with Crippen molar-refractivity contribution in [3.8, 4) is 0 Å². The van der Waals surface area contributed by atoms with Crippen molar-refractivity contribution in [1.29, 1.82) is 0 Å². The SMILES string of the molecule is C=C/C=C(\C=C(/N)NC1CCC2CC3CC(C2)C1C3)N1CC[C@@H](NC)C1. The lowest BCUT2D eigenvalue weighted by atomic mass is 9.80. The van der Waals surface area contributed by atoms with Gasteiger partial charge in [0.2, 0.25) is 0 Å². The number of likely N-dealkylation sites (N-methyl/N-ethyl adjacent to an activating group) is 1. The maximum absolute atomic E-state index is 6.48. The molecule has 4 fully saturated rings. The number of nitrogens with zero attached hydrogens (tertiary/aromatic N) is 1. The van der Waals surface area contributed by atoms with E-state index in [1.807, 2.05) is 13.1 Å². The van der Waals surface area contributed by atoms with E-state index in [0.29, 0.717) is 12.1 Å². The van der Waals surface area contributed by atoms with E-state index in [4.69, 9.17) is 5.73 Å².